The summed E-state index contributed by atoms with van der Waals surface area (Å²) in [4.78, 5) is 72.4. The molecule has 0 aromatic carbocycles. The molecule has 17 nitrogen and oxygen atoms in total. The molecule has 19 heteroatoms. The van der Waals surface area contributed by atoms with E-state index in [1.54, 1.807) is 0 Å². The first-order chi connectivity index (χ1) is 41.9. The lowest BCUT2D eigenvalue weighted by Crippen LogP contribution is -2.30. The summed E-state index contributed by atoms with van der Waals surface area (Å²) < 4.78 is 68.2. The van der Waals surface area contributed by atoms with Crippen LogP contribution in [0.5, 0.6) is 0 Å². The minimum absolute atomic E-state index is 0.105. The van der Waals surface area contributed by atoms with Gasteiger partial charge in [-0.1, -0.05) is 292 Å². The normalized spacial score (nSPS) is 14.2. The Balaban J connectivity index is 5.25. The zero-order valence-electron chi connectivity index (χ0n) is 56.3. The monoisotopic (exact) mass is 1280 g/mol. The van der Waals surface area contributed by atoms with Crippen molar-refractivity contribution in [2.45, 2.75) is 362 Å². The average Bonchev–Trinajstić information content (AvgIpc) is 3.67. The molecular weight excluding hydrogens is 1150 g/mol. The summed E-state index contributed by atoms with van der Waals surface area (Å²) in [5.41, 5.74) is 0. The van der Waals surface area contributed by atoms with E-state index in [2.05, 4.69) is 41.5 Å². The predicted octanol–water partition coefficient (Wildman–Crippen LogP) is 19.2. The molecule has 0 aromatic heterocycles. The molecule has 0 heterocycles. The van der Waals surface area contributed by atoms with Crippen LogP contribution in [0.4, 0.5) is 0 Å². The minimum Gasteiger partial charge on any atom is -0.462 e. The molecule has 0 aliphatic rings. The summed E-state index contributed by atoms with van der Waals surface area (Å²) in [5.74, 6) is -0.665. The molecule has 0 rings (SSSR count). The number of hydrogen-bond acceptors (Lipinski definition) is 15. The highest BCUT2D eigenvalue weighted by molar-refractivity contribution is 7.47. The second kappa shape index (κ2) is 60.3. The Labute approximate surface area is 530 Å². The highest BCUT2D eigenvalue weighted by atomic mass is 31.2. The van der Waals surface area contributed by atoms with Crippen molar-refractivity contribution in [2.75, 3.05) is 39.6 Å². The van der Waals surface area contributed by atoms with Crippen molar-refractivity contribution < 1.29 is 80.2 Å². The molecule has 0 aromatic rings. The molecule has 0 fully saturated rings. The van der Waals surface area contributed by atoms with Crippen LogP contribution in [0.1, 0.15) is 343 Å². The molecule has 0 aliphatic heterocycles. The zero-order chi connectivity index (χ0) is 64.3. The number of carbonyl (C=O) groups is 4. The van der Waals surface area contributed by atoms with Crippen LogP contribution < -0.4 is 0 Å². The quantitative estimate of drug-likeness (QED) is 0.0222. The maximum absolute atomic E-state index is 13.0. The molecule has 0 saturated heterocycles. The van der Waals surface area contributed by atoms with Gasteiger partial charge < -0.3 is 33.8 Å². The molecule has 0 amide bonds. The van der Waals surface area contributed by atoms with Gasteiger partial charge in [0.05, 0.1) is 26.4 Å². The molecule has 3 N–H and O–H groups in total. The molecule has 2 unspecified atom stereocenters. The van der Waals surface area contributed by atoms with Gasteiger partial charge >= 0.3 is 39.5 Å². The Hall–Kier alpha value is -1.94. The molecule has 0 radical (unpaired) electrons. The van der Waals surface area contributed by atoms with Gasteiger partial charge in [-0.2, -0.15) is 0 Å². The smallest absolute Gasteiger partial charge is 0.462 e. The molecule has 5 atom stereocenters. The SMILES string of the molecule is CCCCCCCCCCCCCCCCC(=O)O[C@H](COC(=O)CCCCCCCCCCCC(C)C)COP(=O)(O)OC[C@@H](O)COP(=O)(O)OC[C@@H](COC(=O)CCCCCCCCCCCC)OC(=O)CCCCCCCCCCC(C)C. The number of phosphoric ester groups is 2. The van der Waals surface area contributed by atoms with Gasteiger partial charge in [0, 0.05) is 25.7 Å². The number of aliphatic hydroxyl groups is 1. The summed E-state index contributed by atoms with van der Waals surface area (Å²) in [7, 11) is -9.89. The summed E-state index contributed by atoms with van der Waals surface area (Å²) in [6.07, 6.45) is 44.4. The Bertz CT molecular complexity index is 1700. The van der Waals surface area contributed by atoms with E-state index >= 15 is 0 Å². The van der Waals surface area contributed by atoms with Crippen LogP contribution in [0.25, 0.3) is 0 Å². The lowest BCUT2D eigenvalue weighted by Gasteiger charge is -2.21. The van der Waals surface area contributed by atoms with Crippen LogP contribution in [-0.2, 0) is 65.4 Å². The molecule has 0 spiro atoms. The first-order valence-electron chi connectivity index (χ1n) is 35.5. The van der Waals surface area contributed by atoms with Crippen LogP contribution in [-0.4, -0.2) is 96.7 Å². The molecular formula is C68H132O17P2. The van der Waals surface area contributed by atoms with Crippen LogP contribution >= 0.6 is 15.6 Å². The largest absolute Gasteiger partial charge is 0.472 e. The van der Waals surface area contributed by atoms with E-state index in [0.717, 1.165) is 102 Å². The van der Waals surface area contributed by atoms with Crippen molar-refractivity contribution in [1.29, 1.82) is 0 Å². The van der Waals surface area contributed by atoms with Crippen molar-refractivity contribution in [2.24, 2.45) is 11.8 Å². The highest BCUT2D eigenvalue weighted by Gasteiger charge is 2.30. The fourth-order valence-corrected chi connectivity index (χ4v) is 11.8. The summed E-state index contributed by atoms with van der Waals surface area (Å²) in [5, 5.41) is 10.6. The van der Waals surface area contributed by atoms with Crippen molar-refractivity contribution in [3.05, 3.63) is 0 Å². The van der Waals surface area contributed by atoms with E-state index in [0.29, 0.717) is 25.7 Å². The fraction of sp³-hybridized carbons (Fsp3) is 0.941. The van der Waals surface area contributed by atoms with E-state index < -0.39 is 97.5 Å². The fourth-order valence-electron chi connectivity index (χ4n) is 10.2. The van der Waals surface area contributed by atoms with Gasteiger partial charge in [-0.15, -0.1) is 0 Å². The molecule has 87 heavy (non-hydrogen) atoms. The van der Waals surface area contributed by atoms with Gasteiger partial charge in [0.15, 0.2) is 12.2 Å². The number of phosphoric acid groups is 2. The third-order valence-corrected chi connectivity index (χ3v) is 17.6. The Kier molecular flexibility index (Phi) is 59.0. The predicted molar refractivity (Wildman–Crippen MR) is 349 cm³/mol. The van der Waals surface area contributed by atoms with Crippen LogP contribution in [0.2, 0.25) is 0 Å². The second-order valence-corrected chi connectivity index (χ2v) is 28.4. The molecule has 516 valence electrons. The van der Waals surface area contributed by atoms with E-state index in [-0.39, 0.29) is 25.7 Å². The number of ether oxygens (including phenoxy) is 4. The Morgan fingerprint density at radius 3 is 0.782 bits per heavy atom. The third-order valence-electron chi connectivity index (χ3n) is 15.7. The van der Waals surface area contributed by atoms with Crippen molar-refractivity contribution in [1.82, 2.24) is 0 Å². The summed E-state index contributed by atoms with van der Waals surface area (Å²) >= 11 is 0. The minimum atomic E-state index is -4.95. The number of rotatable bonds is 67. The second-order valence-electron chi connectivity index (χ2n) is 25.5. The maximum atomic E-state index is 13.0. The first kappa shape index (κ1) is 85.1. The van der Waals surface area contributed by atoms with Crippen LogP contribution in [0.3, 0.4) is 0 Å². The van der Waals surface area contributed by atoms with Crippen molar-refractivity contribution >= 4 is 39.5 Å². The zero-order valence-corrected chi connectivity index (χ0v) is 58.1. The Morgan fingerprint density at radius 2 is 0.529 bits per heavy atom. The van der Waals surface area contributed by atoms with E-state index in [1.165, 1.54) is 161 Å². The average molecular weight is 1280 g/mol. The maximum Gasteiger partial charge on any atom is 0.472 e. The van der Waals surface area contributed by atoms with Gasteiger partial charge in [0.1, 0.15) is 19.3 Å². The van der Waals surface area contributed by atoms with E-state index in [9.17, 15) is 43.2 Å². The van der Waals surface area contributed by atoms with Gasteiger partial charge in [-0.25, -0.2) is 9.13 Å². The number of aliphatic hydroxyl groups excluding tert-OH is 1. The summed E-state index contributed by atoms with van der Waals surface area (Å²) in [6.45, 7) is 9.47. The van der Waals surface area contributed by atoms with Crippen molar-refractivity contribution in [3.63, 3.8) is 0 Å². The van der Waals surface area contributed by atoms with Gasteiger partial charge in [0.2, 0.25) is 0 Å². The number of carbonyl (C=O) groups excluding carboxylic acids is 4. The van der Waals surface area contributed by atoms with E-state index in [4.69, 9.17) is 37.0 Å². The lowest BCUT2D eigenvalue weighted by atomic mass is 10.0. The lowest BCUT2D eigenvalue weighted by molar-refractivity contribution is -0.161. The molecule has 0 aliphatic carbocycles. The summed E-state index contributed by atoms with van der Waals surface area (Å²) in [6, 6.07) is 0. The molecule has 0 bridgehead atoms. The van der Waals surface area contributed by atoms with E-state index in [1.807, 2.05) is 0 Å². The van der Waals surface area contributed by atoms with Gasteiger partial charge in [-0.05, 0) is 37.5 Å². The molecule has 0 saturated carbocycles. The van der Waals surface area contributed by atoms with Gasteiger partial charge in [0.25, 0.3) is 0 Å². The standard InChI is InChI=1S/C68H132O17P2/c1-7-9-11-13-15-17-19-20-21-22-26-34-40-46-52-67(72)84-63(56-79-66(71)51-45-39-33-27-23-24-30-36-42-48-60(3)4)58-82-86(74,75)80-54-62(69)55-81-87(76,77)83-59-64(57-78-65(70)50-44-38-32-25-18-16-14-12-10-8-2)85-68(73)53-47-41-35-29-28-31-37-43-49-61(5)6/h60-64,69H,7-59H2,1-6H3,(H,74,75)(H,76,77)/t62-,63-,64-/m1/s1. The topological polar surface area (TPSA) is 237 Å². The number of unbranched alkanes of at least 4 members (excludes halogenated alkanes) is 37. The third kappa shape index (κ3) is 62.6. The first-order valence-corrected chi connectivity index (χ1v) is 38.5. The number of esters is 4. The number of hydrogen-bond donors (Lipinski definition) is 3. The highest BCUT2D eigenvalue weighted by Crippen LogP contribution is 2.45. The Morgan fingerprint density at radius 1 is 0.310 bits per heavy atom. The van der Waals surface area contributed by atoms with Crippen molar-refractivity contribution in [3.8, 4) is 0 Å². The van der Waals surface area contributed by atoms with Gasteiger partial charge in [-0.3, -0.25) is 37.3 Å². The van der Waals surface area contributed by atoms with Crippen LogP contribution in [0.15, 0.2) is 0 Å². The van der Waals surface area contributed by atoms with Crippen LogP contribution in [0, 0.1) is 11.8 Å².